The minimum Gasteiger partial charge on any atom is -0.369 e. The summed E-state index contributed by atoms with van der Waals surface area (Å²) in [4.78, 5) is 42.1. The second-order valence-electron chi connectivity index (χ2n) is 7.28. The zero-order valence-corrected chi connectivity index (χ0v) is 17.5. The number of amides is 2. The number of hydrogen-bond acceptors (Lipinski definition) is 4. The maximum atomic E-state index is 13.0. The Morgan fingerprint density at radius 1 is 1.13 bits per heavy atom. The standard InChI is InChI=1S/C21H19ClN4O3S/c22-14-4-5-16-17(11-14)24-21(30)26(20(16)29)15-3-1-2-13(10-15)19(28)25-8-6-12(7-9-25)18(23)27/h1-5,10-12H,6-9H2,(H2,23,27)(H,24,30). The molecule has 7 nitrogen and oxygen atoms in total. The lowest BCUT2D eigenvalue weighted by Crippen LogP contribution is -2.41. The number of carbonyl (C=O) groups is 2. The lowest BCUT2D eigenvalue weighted by molar-refractivity contribution is -0.123. The minimum absolute atomic E-state index is 0.157. The van der Waals surface area contributed by atoms with E-state index in [1.807, 2.05) is 0 Å². The Morgan fingerprint density at radius 2 is 1.87 bits per heavy atom. The Balaban J connectivity index is 1.68. The van der Waals surface area contributed by atoms with Crippen molar-refractivity contribution < 1.29 is 9.59 Å². The molecule has 9 heteroatoms. The number of carbonyl (C=O) groups excluding carboxylic acids is 2. The zero-order chi connectivity index (χ0) is 21.4. The number of fused-ring (bicyclic) bond motifs is 1. The number of primary amides is 1. The molecule has 1 saturated heterocycles. The highest BCUT2D eigenvalue weighted by molar-refractivity contribution is 7.71. The topological polar surface area (TPSA) is 101 Å². The van der Waals surface area contributed by atoms with Crippen LogP contribution in [0.2, 0.25) is 5.02 Å². The van der Waals surface area contributed by atoms with Crippen LogP contribution >= 0.6 is 23.8 Å². The van der Waals surface area contributed by atoms with Gasteiger partial charge in [0.1, 0.15) is 0 Å². The first-order valence-electron chi connectivity index (χ1n) is 9.49. The number of hydrogen-bond donors (Lipinski definition) is 2. The number of aromatic amines is 1. The van der Waals surface area contributed by atoms with Gasteiger partial charge in [0, 0.05) is 29.6 Å². The third kappa shape index (κ3) is 3.76. The molecular weight excluding hydrogens is 424 g/mol. The predicted octanol–water partition coefficient (Wildman–Crippen LogP) is 3.04. The minimum atomic E-state index is -0.324. The van der Waals surface area contributed by atoms with E-state index in [1.54, 1.807) is 47.4 Å². The van der Waals surface area contributed by atoms with Crippen molar-refractivity contribution in [1.82, 2.24) is 14.5 Å². The molecule has 2 heterocycles. The van der Waals surface area contributed by atoms with Gasteiger partial charge in [-0.05, 0) is 61.5 Å². The van der Waals surface area contributed by atoms with E-state index < -0.39 is 0 Å². The maximum Gasteiger partial charge on any atom is 0.266 e. The van der Waals surface area contributed by atoms with E-state index in [9.17, 15) is 14.4 Å². The van der Waals surface area contributed by atoms with Crippen molar-refractivity contribution in [2.75, 3.05) is 13.1 Å². The van der Waals surface area contributed by atoms with Crippen molar-refractivity contribution in [3.63, 3.8) is 0 Å². The Kier molecular flexibility index (Phi) is 5.44. The van der Waals surface area contributed by atoms with E-state index in [4.69, 9.17) is 29.6 Å². The van der Waals surface area contributed by atoms with Crippen LogP contribution in [-0.2, 0) is 4.79 Å². The normalized spacial score (nSPS) is 14.8. The first-order valence-corrected chi connectivity index (χ1v) is 10.3. The number of likely N-dealkylation sites (tertiary alicyclic amines) is 1. The van der Waals surface area contributed by atoms with Gasteiger partial charge in [0.15, 0.2) is 4.77 Å². The highest BCUT2D eigenvalue weighted by Crippen LogP contribution is 2.20. The van der Waals surface area contributed by atoms with Crippen LogP contribution in [0.25, 0.3) is 16.6 Å². The number of aromatic nitrogens is 2. The van der Waals surface area contributed by atoms with Crippen molar-refractivity contribution in [3.05, 3.63) is 68.2 Å². The molecule has 3 aromatic rings. The average Bonchev–Trinajstić information content (AvgIpc) is 2.73. The fourth-order valence-electron chi connectivity index (χ4n) is 3.75. The number of H-pyrrole nitrogens is 1. The van der Waals surface area contributed by atoms with Crippen LogP contribution in [0, 0.1) is 10.7 Å². The summed E-state index contributed by atoms with van der Waals surface area (Å²) >= 11 is 11.4. The fourth-order valence-corrected chi connectivity index (χ4v) is 4.22. The van der Waals surface area contributed by atoms with E-state index >= 15 is 0 Å². The third-order valence-corrected chi connectivity index (χ3v) is 5.92. The van der Waals surface area contributed by atoms with Crippen molar-refractivity contribution in [3.8, 4) is 5.69 Å². The number of rotatable bonds is 3. The molecule has 3 N–H and O–H groups in total. The number of nitrogens with two attached hydrogens (primary N) is 1. The molecule has 1 fully saturated rings. The Hall–Kier alpha value is -2.97. The van der Waals surface area contributed by atoms with E-state index in [2.05, 4.69) is 4.98 Å². The smallest absolute Gasteiger partial charge is 0.266 e. The van der Waals surface area contributed by atoms with E-state index in [1.165, 1.54) is 4.57 Å². The van der Waals surface area contributed by atoms with Crippen molar-refractivity contribution in [2.24, 2.45) is 11.7 Å². The van der Waals surface area contributed by atoms with E-state index in [0.717, 1.165) is 0 Å². The molecule has 0 spiro atoms. The van der Waals surface area contributed by atoms with Gasteiger partial charge in [0.25, 0.3) is 11.5 Å². The Bertz CT molecular complexity index is 1280. The summed E-state index contributed by atoms with van der Waals surface area (Å²) < 4.78 is 1.57. The number of nitrogens with one attached hydrogen (secondary N) is 1. The molecule has 4 rings (SSSR count). The molecular formula is C21H19ClN4O3S. The molecule has 1 aromatic heterocycles. The van der Waals surface area contributed by atoms with Crippen molar-refractivity contribution in [2.45, 2.75) is 12.8 Å². The molecule has 2 amide bonds. The van der Waals surface area contributed by atoms with Gasteiger partial charge in [-0.2, -0.15) is 0 Å². The molecule has 0 bridgehead atoms. The average molecular weight is 443 g/mol. The third-order valence-electron chi connectivity index (χ3n) is 5.40. The van der Waals surface area contributed by atoms with Crippen LogP contribution in [0.5, 0.6) is 0 Å². The summed E-state index contributed by atoms with van der Waals surface area (Å²) in [6.45, 7) is 0.931. The summed E-state index contributed by atoms with van der Waals surface area (Å²) in [5, 5.41) is 0.941. The van der Waals surface area contributed by atoms with Crippen LogP contribution < -0.4 is 11.3 Å². The van der Waals surface area contributed by atoms with Gasteiger partial charge in [-0.3, -0.25) is 19.0 Å². The van der Waals surface area contributed by atoms with Crippen LogP contribution in [0.1, 0.15) is 23.2 Å². The van der Waals surface area contributed by atoms with Crippen LogP contribution in [0.3, 0.4) is 0 Å². The molecule has 2 aromatic carbocycles. The van der Waals surface area contributed by atoms with Crippen molar-refractivity contribution >= 4 is 46.5 Å². The van der Waals surface area contributed by atoms with Crippen LogP contribution in [0.15, 0.2) is 47.3 Å². The number of nitrogens with zero attached hydrogens (tertiary/aromatic N) is 2. The molecule has 30 heavy (non-hydrogen) atoms. The second kappa shape index (κ2) is 8.04. The molecule has 0 saturated carbocycles. The fraction of sp³-hybridized carbons (Fsp3) is 0.238. The van der Waals surface area contributed by atoms with Gasteiger partial charge < -0.3 is 15.6 Å². The highest BCUT2D eigenvalue weighted by atomic mass is 35.5. The van der Waals surface area contributed by atoms with Gasteiger partial charge in [-0.25, -0.2) is 0 Å². The van der Waals surface area contributed by atoms with Gasteiger partial charge in [-0.1, -0.05) is 17.7 Å². The molecule has 154 valence electrons. The first-order chi connectivity index (χ1) is 14.3. The largest absolute Gasteiger partial charge is 0.369 e. The lowest BCUT2D eigenvalue weighted by atomic mass is 9.96. The SMILES string of the molecule is NC(=O)C1CCN(C(=O)c2cccc(-n3c(=S)[nH]c4cc(Cl)ccc4c3=O)c2)CC1. The molecule has 0 aliphatic carbocycles. The van der Waals surface area contributed by atoms with Gasteiger partial charge in [0.05, 0.1) is 16.6 Å². The van der Waals surface area contributed by atoms with Gasteiger partial charge in [-0.15, -0.1) is 0 Å². The lowest BCUT2D eigenvalue weighted by Gasteiger charge is -2.30. The first kappa shape index (κ1) is 20.3. The highest BCUT2D eigenvalue weighted by Gasteiger charge is 2.26. The predicted molar refractivity (Wildman–Crippen MR) is 118 cm³/mol. The van der Waals surface area contributed by atoms with E-state index in [-0.39, 0.29) is 28.1 Å². The number of halogens is 1. The zero-order valence-electron chi connectivity index (χ0n) is 15.9. The summed E-state index contributed by atoms with van der Waals surface area (Å²) in [6.07, 6.45) is 1.11. The summed E-state index contributed by atoms with van der Waals surface area (Å²) in [7, 11) is 0. The monoisotopic (exact) mass is 442 g/mol. The van der Waals surface area contributed by atoms with Crippen LogP contribution in [-0.4, -0.2) is 39.4 Å². The Labute approximate surface area is 182 Å². The quantitative estimate of drug-likeness (QED) is 0.608. The van der Waals surface area contributed by atoms with E-state index in [0.29, 0.717) is 53.1 Å². The van der Waals surface area contributed by atoms with Gasteiger partial charge in [0.2, 0.25) is 5.91 Å². The van der Waals surface area contributed by atoms with Crippen molar-refractivity contribution in [1.29, 1.82) is 0 Å². The summed E-state index contributed by atoms with van der Waals surface area (Å²) in [5.41, 5.74) is 6.57. The second-order valence-corrected chi connectivity index (χ2v) is 8.10. The summed E-state index contributed by atoms with van der Waals surface area (Å²) in [6, 6.07) is 11.7. The van der Waals surface area contributed by atoms with Gasteiger partial charge >= 0.3 is 0 Å². The Morgan fingerprint density at radius 3 is 2.57 bits per heavy atom. The van der Waals surface area contributed by atoms with Crippen LogP contribution in [0.4, 0.5) is 0 Å². The number of benzene rings is 2. The molecule has 0 atom stereocenters. The summed E-state index contributed by atoms with van der Waals surface area (Å²) in [5.74, 6) is -0.672. The molecule has 0 unspecified atom stereocenters. The molecule has 0 radical (unpaired) electrons. The number of piperidine rings is 1. The molecule has 1 aliphatic heterocycles. The maximum absolute atomic E-state index is 13.0. The molecule has 1 aliphatic rings.